The summed E-state index contributed by atoms with van der Waals surface area (Å²) in [6.45, 7) is 0. The van der Waals surface area contributed by atoms with Gasteiger partial charge in [0.15, 0.2) is 0 Å². The zero-order valence-electron chi connectivity index (χ0n) is 10.5. The van der Waals surface area contributed by atoms with E-state index in [4.69, 9.17) is 0 Å². The quantitative estimate of drug-likeness (QED) is 0.739. The maximum atomic E-state index is 11.8. The molecule has 0 spiro atoms. The van der Waals surface area contributed by atoms with E-state index in [0.29, 0.717) is 16.7 Å². The molecule has 0 fully saturated rings. The van der Waals surface area contributed by atoms with Crippen molar-refractivity contribution in [1.29, 1.82) is 0 Å². The SMILES string of the molecule is O=C(/C=C/c1ccccc1)Nc1ccc2nonc2c1. The summed E-state index contributed by atoms with van der Waals surface area (Å²) in [5, 5.41) is 10.2. The molecule has 1 N–H and O–H groups in total. The highest BCUT2D eigenvalue weighted by Gasteiger charge is 2.03. The highest BCUT2D eigenvalue weighted by Crippen LogP contribution is 2.15. The van der Waals surface area contributed by atoms with Crippen molar-refractivity contribution in [3.63, 3.8) is 0 Å². The summed E-state index contributed by atoms with van der Waals surface area (Å²) in [6, 6.07) is 14.8. The average Bonchev–Trinajstić information content (AvgIpc) is 2.94. The Bertz CT molecular complexity index is 763. The van der Waals surface area contributed by atoms with Gasteiger partial charge in [0, 0.05) is 11.8 Å². The normalized spacial score (nSPS) is 11.0. The zero-order valence-corrected chi connectivity index (χ0v) is 10.5. The highest BCUT2D eigenvalue weighted by molar-refractivity contribution is 6.02. The van der Waals surface area contributed by atoms with Gasteiger partial charge in [0.2, 0.25) is 5.91 Å². The molecule has 0 atom stereocenters. The summed E-state index contributed by atoms with van der Waals surface area (Å²) in [6.07, 6.45) is 3.24. The van der Waals surface area contributed by atoms with Gasteiger partial charge in [0.05, 0.1) is 0 Å². The Balaban J connectivity index is 1.70. The van der Waals surface area contributed by atoms with Gasteiger partial charge < -0.3 is 5.32 Å². The van der Waals surface area contributed by atoms with Crippen molar-refractivity contribution < 1.29 is 9.42 Å². The van der Waals surface area contributed by atoms with Crippen molar-refractivity contribution in [3.05, 3.63) is 60.2 Å². The number of rotatable bonds is 3. The molecular weight excluding hydrogens is 254 g/mol. The number of amides is 1. The van der Waals surface area contributed by atoms with Gasteiger partial charge in [-0.1, -0.05) is 30.3 Å². The van der Waals surface area contributed by atoms with Crippen LogP contribution >= 0.6 is 0 Å². The topological polar surface area (TPSA) is 68.0 Å². The predicted octanol–water partition coefficient (Wildman–Crippen LogP) is 2.87. The molecule has 20 heavy (non-hydrogen) atoms. The summed E-state index contributed by atoms with van der Waals surface area (Å²) >= 11 is 0. The van der Waals surface area contributed by atoms with Crippen molar-refractivity contribution in [3.8, 4) is 0 Å². The van der Waals surface area contributed by atoms with Gasteiger partial charge in [0.1, 0.15) is 11.0 Å². The molecule has 5 heteroatoms. The van der Waals surface area contributed by atoms with E-state index in [2.05, 4.69) is 20.3 Å². The van der Waals surface area contributed by atoms with Gasteiger partial charge in [-0.05, 0) is 40.2 Å². The molecule has 3 aromatic rings. The first kappa shape index (κ1) is 12.1. The van der Waals surface area contributed by atoms with Crippen LogP contribution in [0.4, 0.5) is 5.69 Å². The standard InChI is InChI=1S/C15H11N3O2/c19-15(9-6-11-4-2-1-3-5-11)16-12-7-8-13-14(10-12)18-20-17-13/h1-10H,(H,16,19)/b9-6+. The molecule has 0 bridgehead atoms. The Morgan fingerprint density at radius 3 is 2.70 bits per heavy atom. The lowest BCUT2D eigenvalue weighted by Crippen LogP contribution is -2.07. The van der Waals surface area contributed by atoms with Gasteiger partial charge in [-0.25, -0.2) is 4.63 Å². The van der Waals surface area contributed by atoms with Crippen molar-refractivity contribution in [1.82, 2.24) is 10.3 Å². The summed E-state index contributed by atoms with van der Waals surface area (Å²) in [7, 11) is 0. The smallest absolute Gasteiger partial charge is 0.248 e. The monoisotopic (exact) mass is 265 g/mol. The van der Waals surface area contributed by atoms with Crippen molar-refractivity contribution in [2.24, 2.45) is 0 Å². The number of aromatic nitrogens is 2. The highest BCUT2D eigenvalue weighted by atomic mass is 16.6. The van der Waals surface area contributed by atoms with E-state index in [1.54, 1.807) is 24.3 Å². The molecule has 2 aromatic carbocycles. The minimum absolute atomic E-state index is 0.204. The Kier molecular flexibility index (Phi) is 3.24. The second-order valence-corrected chi connectivity index (χ2v) is 4.20. The predicted molar refractivity (Wildman–Crippen MR) is 75.9 cm³/mol. The van der Waals surface area contributed by atoms with E-state index < -0.39 is 0 Å². The van der Waals surface area contributed by atoms with E-state index >= 15 is 0 Å². The molecule has 0 radical (unpaired) electrons. The summed E-state index contributed by atoms with van der Waals surface area (Å²) < 4.78 is 4.60. The molecule has 1 heterocycles. The van der Waals surface area contributed by atoms with Crippen LogP contribution in [0.1, 0.15) is 5.56 Å². The van der Waals surface area contributed by atoms with E-state index in [0.717, 1.165) is 5.56 Å². The number of carbonyl (C=O) groups is 1. The van der Waals surface area contributed by atoms with Gasteiger partial charge >= 0.3 is 0 Å². The van der Waals surface area contributed by atoms with Crippen LogP contribution in [0, 0.1) is 0 Å². The third-order valence-corrected chi connectivity index (χ3v) is 2.75. The first-order valence-corrected chi connectivity index (χ1v) is 6.08. The zero-order chi connectivity index (χ0) is 13.8. The Morgan fingerprint density at radius 2 is 1.85 bits per heavy atom. The molecular formula is C15H11N3O2. The fourth-order valence-electron chi connectivity index (χ4n) is 1.78. The molecule has 0 saturated heterocycles. The van der Waals surface area contributed by atoms with Crippen LogP contribution in [-0.4, -0.2) is 16.2 Å². The van der Waals surface area contributed by atoms with Crippen molar-refractivity contribution >= 4 is 28.7 Å². The number of hydrogen-bond acceptors (Lipinski definition) is 4. The third-order valence-electron chi connectivity index (χ3n) is 2.75. The van der Waals surface area contributed by atoms with Crippen LogP contribution in [-0.2, 0) is 4.79 Å². The fraction of sp³-hybridized carbons (Fsp3) is 0. The van der Waals surface area contributed by atoms with Crippen LogP contribution in [0.5, 0.6) is 0 Å². The van der Waals surface area contributed by atoms with Gasteiger partial charge in [-0.3, -0.25) is 4.79 Å². The molecule has 0 aliphatic rings. The van der Waals surface area contributed by atoms with Crippen LogP contribution in [0.3, 0.4) is 0 Å². The third kappa shape index (κ3) is 2.72. The van der Waals surface area contributed by atoms with Gasteiger partial charge in [-0.15, -0.1) is 0 Å². The van der Waals surface area contributed by atoms with Gasteiger partial charge in [-0.2, -0.15) is 0 Å². The first-order chi connectivity index (χ1) is 9.81. The van der Waals surface area contributed by atoms with Crippen LogP contribution < -0.4 is 5.32 Å². The molecule has 0 unspecified atom stereocenters. The summed E-state index contributed by atoms with van der Waals surface area (Å²) in [5.74, 6) is -0.204. The maximum absolute atomic E-state index is 11.8. The van der Waals surface area contributed by atoms with Gasteiger partial charge in [0.25, 0.3) is 0 Å². The number of anilines is 1. The Morgan fingerprint density at radius 1 is 1.05 bits per heavy atom. The minimum atomic E-state index is -0.204. The maximum Gasteiger partial charge on any atom is 0.248 e. The molecule has 0 aliphatic heterocycles. The van der Waals surface area contributed by atoms with Crippen LogP contribution in [0.2, 0.25) is 0 Å². The van der Waals surface area contributed by atoms with Crippen LogP contribution in [0.25, 0.3) is 17.1 Å². The number of fused-ring (bicyclic) bond motifs is 1. The Hall–Kier alpha value is -2.95. The van der Waals surface area contributed by atoms with E-state index in [1.807, 2.05) is 30.3 Å². The number of hydrogen-bond donors (Lipinski definition) is 1. The van der Waals surface area contributed by atoms with E-state index in [9.17, 15) is 4.79 Å². The summed E-state index contributed by atoms with van der Waals surface area (Å²) in [4.78, 5) is 11.8. The molecule has 1 amide bonds. The molecule has 3 rings (SSSR count). The molecule has 0 saturated carbocycles. The lowest BCUT2D eigenvalue weighted by Gasteiger charge is -2.00. The van der Waals surface area contributed by atoms with Crippen molar-refractivity contribution in [2.75, 3.05) is 5.32 Å². The minimum Gasteiger partial charge on any atom is -0.322 e. The van der Waals surface area contributed by atoms with Crippen molar-refractivity contribution in [2.45, 2.75) is 0 Å². The summed E-state index contributed by atoms with van der Waals surface area (Å²) in [5.41, 5.74) is 2.88. The van der Waals surface area contributed by atoms with E-state index in [1.165, 1.54) is 6.08 Å². The number of nitrogens with one attached hydrogen (secondary N) is 1. The molecule has 5 nitrogen and oxygen atoms in total. The first-order valence-electron chi connectivity index (χ1n) is 6.08. The number of benzene rings is 2. The number of carbonyl (C=O) groups excluding carboxylic acids is 1. The number of nitrogens with zero attached hydrogens (tertiary/aromatic N) is 2. The second-order valence-electron chi connectivity index (χ2n) is 4.20. The Labute approximate surface area is 114 Å². The fourth-order valence-corrected chi connectivity index (χ4v) is 1.78. The largest absolute Gasteiger partial charge is 0.322 e. The lowest BCUT2D eigenvalue weighted by molar-refractivity contribution is -0.111. The average molecular weight is 265 g/mol. The lowest BCUT2D eigenvalue weighted by atomic mass is 10.2. The van der Waals surface area contributed by atoms with E-state index in [-0.39, 0.29) is 5.91 Å². The van der Waals surface area contributed by atoms with Crippen LogP contribution in [0.15, 0.2) is 59.2 Å². The molecule has 98 valence electrons. The molecule has 0 aliphatic carbocycles. The molecule has 1 aromatic heterocycles. The second kappa shape index (κ2) is 5.36.